The zero-order valence-electron chi connectivity index (χ0n) is 13.0. The molecule has 0 radical (unpaired) electrons. The highest BCUT2D eigenvalue weighted by Crippen LogP contribution is 2.18. The Labute approximate surface area is 127 Å². The van der Waals surface area contributed by atoms with E-state index in [4.69, 9.17) is 10.5 Å². The third-order valence-electron chi connectivity index (χ3n) is 3.89. The second-order valence-corrected chi connectivity index (χ2v) is 5.43. The van der Waals surface area contributed by atoms with Gasteiger partial charge >= 0.3 is 0 Å². The van der Waals surface area contributed by atoms with Crippen LogP contribution in [0.4, 0.5) is 0 Å². The van der Waals surface area contributed by atoms with Gasteiger partial charge in [0.05, 0.1) is 18.8 Å². The van der Waals surface area contributed by atoms with Crippen LogP contribution >= 0.6 is 0 Å². The smallest absolute Gasteiger partial charge is 0.0739 e. The van der Waals surface area contributed by atoms with Crippen LogP contribution in [-0.2, 0) is 17.6 Å². The minimum Gasteiger partial charge on any atom is -0.376 e. The maximum Gasteiger partial charge on any atom is 0.0739 e. The van der Waals surface area contributed by atoms with Crippen LogP contribution in [0.2, 0.25) is 0 Å². The highest BCUT2D eigenvalue weighted by Gasteiger charge is 2.15. The molecule has 2 aromatic carbocycles. The van der Waals surface area contributed by atoms with Crippen molar-refractivity contribution in [1.82, 2.24) is 0 Å². The minimum absolute atomic E-state index is 0.0150. The van der Waals surface area contributed by atoms with Crippen LogP contribution < -0.4 is 5.73 Å². The predicted molar refractivity (Wildman–Crippen MR) is 88.3 cm³/mol. The molecule has 0 saturated carbocycles. The summed E-state index contributed by atoms with van der Waals surface area (Å²) in [6.07, 6.45) is 1.99. The summed E-state index contributed by atoms with van der Waals surface area (Å²) in [5.41, 5.74) is 10.1. The Bertz CT molecular complexity index is 521. The van der Waals surface area contributed by atoms with Gasteiger partial charge in [0.1, 0.15) is 0 Å². The van der Waals surface area contributed by atoms with Crippen molar-refractivity contribution < 1.29 is 4.74 Å². The standard InChI is InChI=1S/C19H25NO/c1-3-16-9-11-18(12-10-16)19(20)15(2)21-14-13-17-7-5-4-6-8-17/h4-12,15,19H,3,13-14,20H2,1-2H3. The Hall–Kier alpha value is -1.64. The lowest BCUT2D eigenvalue weighted by atomic mass is 10.0. The number of hydrogen-bond donors (Lipinski definition) is 1. The molecule has 0 aliphatic carbocycles. The molecule has 2 nitrogen and oxygen atoms in total. The minimum atomic E-state index is -0.0771. The lowest BCUT2D eigenvalue weighted by molar-refractivity contribution is 0.0501. The number of rotatable bonds is 7. The van der Waals surface area contributed by atoms with E-state index in [1.165, 1.54) is 11.1 Å². The molecular formula is C19H25NO. The van der Waals surface area contributed by atoms with E-state index in [-0.39, 0.29) is 12.1 Å². The molecule has 0 saturated heterocycles. The molecule has 0 spiro atoms. The van der Waals surface area contributed by atoms with Crippen molar-refractivity contribution in [1.29, 1.82) is 0 Å². The van der Waals surface area contributed by atoms with Crippen molar-refractivity contribution in [3.8, 4) is 0 Å². The molecule has 0 heterocycles. The first kappa shape index (κ1) is 15.7. The van der Waals surface area contributed by atoms with Gasteiger partial charge in [0.25, 0.3) is 0 Å². The van der Waals surface area contributed by atoms with Crippen LogP contribution in [0.1, 0.15) is 36.6 Å². The van der Waals surface area contributed by atoms with Crippen molar-refractivity contribution in [2.45, 2.75) is 38.8 Å². The first-order valence-corrected chi connectivity index (χ1v) is 7.70. The van der Waals surface area contributed by atoms with Gasteiger partial charge in [0.2, 0.25) is 0 Å². The average molecular weight is 283 g/mol. The molecular weight excluding hydrogens is 258 g/mol. The van der Waals surface area contributed by atoms with Gasteiger partial charge in [-0.25, -0.2) is 0 Å². The number of benzene rings is 2. The highest BCUT2D eigenvalue weighted by atomic mass is 16.5. The third kappa shape index (κ3) is 4.69. The van der Waals surface area contributed by atoms with Gasteiger partial charge < -0.3 is 10.5 Å². The summed E-state index contributed by atoms with van der Waals surface area (Å²) in [4.78, 5) is 0. The van der Waals surface area contributed by atoms with Gasteiger partial charge in [-0.1, -0.05) is 61.5 Å². The van der Waals surface area contributed by atoms with Crippen molar-refractivity contribution in [2.24, 2.45) is 5.73 Å². The molecule has 0 aromatic heterocycles. The zero-order valence-corrected chi connectivity index (χ0v) is 13.0. The van der Waals surface area contributed by atoms with E-state index in [0.29, 0.717) is 6.61 Å². The van der Waals surface area contributed by atoms with E-state index in [9.17, 15) is 0 Å². The molecule has 2 heteroatoms. The fourth-order valence-electron chi connectivity index (χ4n) is 2.36. The lowest BCUT2D eigenvalue weighted by Crippen LogP contribution is -2.27. The predicted octanol–water partition coefficient (Wildman–Crippen LogP) is 3.90. The monoisotopic (exact) mass is 283 g/mol. The molecule has 0 bridgehead atoms. The summed E-state index contributed by atoms with van der Waals surface area (Å²) in [5.74, 6) is 0. The molecule has 0 amide bonds. The molecule has 112 valence electrons. The maximum atomic E-state index is 6.28. The summed E-state index contributed by atoms with van der Waals surface area (Å²) in [5, 5.41) is 0. The zero-order chi connectivity index (χ0) is 15.1. The maximum absolute atomic E-state index is 6.28. The van der Waals surface area contributed by atoms with E-state index in [1.54, 1.807) is 0 Å². The first-order chi connectivity index (χ1) is 10.2. The van der Waals surface area contributed by atoms with E-state index in [1.807, 2.05) is 13.0 Å². The van der Waals surface area contributed by atoms with Crippen molar-refractivity contribution in [3.63, 3.8) is 0 Å². The number of aryl methyl sites for hydroxylation is 1. The second-order valence-electron chi connectivity index (χ2n) is 5.43. The van der Waals surface area contributed by atoms with Crippen LogP contribution in [-0.4, -0.2) is 12.7 Å². The largest absolute Gasteiger partial charge is 0.376 e. The van der Waals surface area contributed by atoms with Gasteiger partial charge in [-0.05, 0) is 36.5 Å². The van der Waals surface area contributed by atoms with Gasteiger partial charge in [-0.15, -0.1) is 0 Å². The van der Waals surface area contributed by atoms with Gasteiger partial charge in [0.15, 0.2) is 0 Å². The third-order valence-corrected chi connectivity index (χ3v) is 3.89. The van der Waals surface area contributed by atoms with Crippen LogP contribution in [0, 0.1) is 0 Å². The SMILES string of the molecule is CCc1ccc(C(N)C(C)OCCc2ccccc2)cc1. The Morgan fingerprint density at radius 1 is 0.952 bits per heavy atom. The first-order valence-electron chi connectivity index (χ1n) is 7.70. The number of nitrogens with two attached hydrogens (primary N) is 1. The molecule has 21 heavy (non-hydrogen) atoms. The van der Waals surface area contributed by atoms with Crippen LogP contribution in [0.3, 0.4) is 0 Å². The van der Waals surface area contributed by atoms with Crippen LogP contribution in [0.5, 0.6) is 0 Å². The number of hydrogen-bond acceptors (Lipinski definition) is 2. The Morgan fingerprint density at radius 2 is 1.62 bits per heavy atom. The number of ether oxygens (including phenoxy) is 1. The Morgan fingerprint density at radius 3 is 2.24 bits per heavy atom. The summed E-state index contributed by atoms with van der Waals surface area (Å²) in [6, 6.07) is 18.8. The molecule has 0 fully saturated rings. The van der Waals surface area contributed by atoms with Gasteiger partial charge in [-0.3, -0.25) is 0 Å². The van der Waals surface area contributed by atoms with E-state index < -0.39 is 0 Å². The highest BCUT2D eigenvalue weighted by molar-refractivity contribution is 5.25. The molecule has 2 aromatic rings. The van der Waals surface area contributed by atoms with Crippen LogP contribution in [0.25, 0.3) is 0 Å². The Balaban J connectivity index is 1.82. The molecule has 0 aliphatic heterocycles. The van der Waals surface area contributed by atoms with Crippen molar-refractivity contribution in [2.75, 3.05) is 6.61 Å². The molecule has 2 rings (SSSR count). The lowest BCUT2D eigenvalue weighted by Gasteiger charge is -2.21. The topological polar surface area (TPSA) is 35.2 Å². The Kier molecular flexibility index (Phi) is 5.97. The van der Waals surface area contributed by atoms with Crippen molar-refractivity contribution >= 4 is 0 Å². The van der Waals surface area contributed by atoms with Gasteiger partial charge in [0, 0.05) is 0 Å². The van der Waals surface area contributed by atoms with Crippen molar-refractivity contribution in [3.05, 3.63) is 71.3 Å². The summed E-state index contributed by atoms with van der Waals surface area (Å²) in [7, 11) is 0. The molecule has 2 unspecified atom stereocenters. The molecule has 2 atom stereocenters. The van der Waals surface area contributed by atoms with E-state index >= 15 is 0 Å². The van der Waals surface area contributed by atoms with E-state index in [2.05, 4.69) is 55.5 Å². The van der Waals surface area contributed by atoms with E-state index in [0.717, 1.165) is 18.4 Å². The molecule has 2 N–H and O–H groups in total. The molecule has 0 aliphatic rings. The summed E-state index contributed by atoms with van der Waals surface area (Å²) < 4.78 is 5.89. The van der Waals surface area contributed by atoms with Gasteiger partial charge in [-0.2, -0.15) is 0 Å². The summed E-state index contributed by atoms with van der Waals surface area (Å²) in [6.45, 7) is 4.90. The fraction of sp³-hybridized carbons (Fsp3) is 0.368. The average Bonchev–Trinajstić information content (AvgIpc) is 2.55. The summed E-state index contributed by atoms with van der Waals surface area (Å²) >= 11 is 0. The second kappa shape index (κ2) is 7.96. The quantitative estimate of drug-likeness (QED) is 0.836. The van der Waals surface area contributed by atoms with Crippen LogP contribution in [0.15, 0.2) is 54.6 Å². The fourth-order valence-corrected chi connectivity index (χ4v) is 2.36. The normalized spacial score (nSPS) is 13.9.